The maximum atomic E-state index is 11.4. The average molecular weight is 314 g/mol. The normalized spacial score (nSPS) is 30.6. The van der Waals surface area contributed by atoms with Crippen molar-refractivity contribution in [3.63, 3.8) is 0 Å². The molecule has 1 rings (SSSR count). The van der Waals surface area contributed by atoms with E-state index in [1.807, 2.05) is 0 Å². The Balaban J connectivity index is 2.72. The summed E-state index contributed by atoms with van der Waals surface area (Å²) in [4.78, 5) is 38.9. The molecule has 0 aromatic rings. The number of ether oxygens (including phenoxy) is 1. The fourth-order valence-corrected chi connectivity index (χ4v) is 2.09. The zero-order valence-corrected chi connectivity index (χ0v) is 11.0. The van der Waals surface area contributed by atoms with Gasteiger partial charge < -0.3 is 35.4 Å². The second-order valence-electron chi connectivity index (χ2n) is 3.94. The Morgan fingerprint density at radius 1 is 1.45 bits per heavy atom. The molecule has 1 aliphatic heterocycles. The maximum absolute atomic E-state index is 11.4. The fourth-order valence-electron chi connectivity index (χ4n) is 1.54. The number of hydrogen-bond acceptors (Lipinski definition) is 7. The first-order chi connectivity index (χ1) is 9.24. The number of phosphoric ester groups is 1. The van der Waals surface area contributed by atoms with Crippen LogP contribution in [0.15, 0.2) is 0 Å². The van der Waals surface area contributed by atoms with Crippen LogP contribution in [0.4, 0.5) is 0 Å². The number of hydrogen-bond donors (Lipinski definition) is 6. The summed E-state index contributed by atoms with van der Waals surface area (Å²) in [5.74, 6) is -0.731. The highest BCUT2D eigenvalue weighted by atomic mass is 31.2. The van der Waals surface area contributed by atoms with Crippen LogP contribution in [0.1, 0.15) is 0 Å². The number of aliphatic hydroxyl groups excluding tert-OH is 2. The van der Waals surface area contributed by atoms with E-state index in [1.54, 1.807) is 0 Å². The third kappa shape index (κ3) is 5.13. The highest BCUT2D eigenvalue weighted by Crippen LogP contribution is 2.40. The van der Waals surface area contributed by atoms with Gasteiger partial charge >= 0.3 is 7.82 Å². The number of carbonyl (C=O) groups excluding carboxylic acids is 2. The molecule has 0 aliphatic carbocycles. The predicted octanol–water partition coefficient (Wildman–Crippen LogP) is -3.60. The lowest BCUT2D eigenvalue weighted by atomic mass is 10.0. The van der Waals surface area contributed by atoms with Gasteiger partial charge in [0, 0.05) is 0 Å². The van der Waals surface area contributed by atoms with Crippen molar-refractivity contribution < 1.29 is 43.4 Å². The second-order valence-corrected chi connectivity index (χ2v) is 5.13. The molecule has 11 nitrogen and oxygen atoms in total. The highest BCUT2D eigenvalue weighted by Gasteiger charge is 2.43. The number of rotatable bonds is 6. The van der Waals surface area contributed by atoms with E-state index in [0.29, 0.717) is 0 Å². The van der Waals surface area contributed by atoms with Crippen LogP contribution < -0.4 is 10.6 Å². The third-order valence-corrected chi connectivity index (χ3v) is 2.90. The number of nitrogens with one attached hydrogen (secondary N) is 2. The topological polar surface area (TPSA) is 175 Å². The van der Waals surface area contributed by atoms with E-state index in [0.717, 1.165) is 0 Å². The molecule has 0 aromatic heterocycles. The van der Waals surface area contributed by atoms with Gasteiger partial charge in [0.05, 0.1) is 13.2 Å². The molecule has 116 valence electrons. The van der Waals surface area contributed by atoms with Crippen LogP contribution in [0.5, 0.6) is 0 Å². The van der Waals surface area contributed by atoms with Crippen molar-refractivity contribution in [1.82, 2.24) is 10.6 Å². The van der Waals surface area contributed by atoms with Gasteiger partial charge in [0.25, 0.3) is 0 Å². The molecule has 6 N–H and O–H groups in total. The molecule has 4 atom stereocenters. The summed E-state index contributed by atoms with van der Waals surface area (Å²) in [5.41, 5.74) is 0. The van der Waals surface area contributed by atoms with Gasteiger partial charge in [-0.3, -0.25) is 14.1 Å². The molecule has 1 heterocycles. The van der Waals surface area contributed by atoms with Crippen molar-refractivity contribution in [3.8, 4) is 0 Å². The van der Waals surface area contributed by atoms with E-state index in [1.165, 1.54) is 0 Å². The highest BCUT2D eigenvalue weighted by molar-refractivity contribution is 7.46. The van der Waals surface area contributed by atoms with Gasteiger partial charge in [-0.2, -0.15) is 0 Å². The molecule has 1 unspecified atom stereocenters. The lowest BCUT2D eigenvalue weighted by Crippen LogP contribution is -2.60. The summed E-state index contributed by atoms with van der Waals surface area (Å²) in [6.07, 6.45) is -5.86. The largest absolute Gasteiger partial charge is 0.470 e. The van der Waals surface area contributed by atoms with Gasteiger partial charge in [0.1, 0.15) is 18.3 Å². The summed E-state index contributed by atoms with van der Waals surface area (Å²) >= 11 is 0. The first-order valence-corrected chi connectivity index (χ1v) is 6.95. The number of phosphoric acid groups is 1. The monoisotopic (exact) mass is 314 g/mol. The zero-order chi connectivity index (χ0) is 15.3. The van der Waals surface area contributed by atoms with Gasteiger partial charge in [0.15, 0.2) is 6.23 Å². The minimum atomic E-state index is -4.97. The molecule has 12 heteroatoms. The van der Waals surface area contributed by atoms with Crippen molar-refractivity contribution in [2.24, 2.45) is 0 Å². The molecule has 0 radical (unpaired) electrons. The summed E-state index contributed by atoms with van der Waals surface area (Å²) in [6.45, 7) is -0.765. The Kier molecular flexibility index (Phi) is 6.02. The SMILES string of the molecule is O=CNCC(=O)NC1OC[C@@H](O)[C@@H](O)[C@H]1OP(=O)(O)O. The van der Waals surface area contributed by atoms with Crippen LogP contribution in [-0.2, 0) is 23.4 Å². The van der Waals surface area contributed by atoms with E-state index in [9.17, 15) is 24.4 Å². The quantitative estimate of drug-likeness (QED) is 0.214. The van der Waals surface area contributed by atoms with Crippen LogP contribution in [-0.4, -0.2) is 70.0 Å². The molecule has 0 bridgehead atoms. The number of amides is 2. The number of carbonyl (C=O) groups is 2. The lowest BCUT2D eigenvalue weighted by molar-refractivity contribution is -0.192. The summed E-state index contributed by atoms with van der Waals surface area (Å²) < 4.78 is 20.1. The van der Waals surface area contributed by atoms with E-state index >= 15 is 0 Å². The Labute approximate surface area is 113 Å². The fraction of sp³-hybridized carbons (Fsp3) is 0.750. The average Bonchev–Trinajstić information content (AvgIpc) is 2.34. The second kappa shape index (κ2) is 7.09. The summed E-state index contributed by atoms with van der Waals surface area (Å²) in [7, 11) is -4.97. The van der Waals surface area contributed by atoms with Crippen molar-refractivity contribution in [3.05, 3.63) is 0 Å². The minimum Gasteiger partial charge on any atom is -0.388 e. The number of aliphatic hydroxyl groups is 2. The van der Waals surface area contributed by atoms with E-state index in [2.05, 4.69) is 15.2 Å². The molecule has 0 saturated carbocycles. The Hall–Kier alpha value is -1.07. The molecule has 0 aromatic carbocycles. The van der Waals surface area contributed by atoms with Crippen LogP contribution in [0.25, 0.3) is 0 Å². The van der Waals surface area contributed by atoms with Gasteiger partial charge in [0.2, 0.25) is 12.3 Å². The molecule has 1 aliphatic rings. The Morgan fingerprint density at radius 3 is 2.65 bits per heavy atom. The van der Waals surface area contributed by atoms with E-state index < -0.39 is 44.8 Å². The smallest absolute Gasteiger partial charge is 0.388 e. The van der Waals surface area contributed by atoms with Gasteiger partial charge in [-0.1, -0.05) is 0 Å². The molecule has 2 amide bonds. The molecule has 1 saturated heterocycles. The van der Waals surface area contributed by atoms with Gasteiger partial charge in [-0.05, 0) is 0 Å². The van der Waals surface area contributed by atoms with Crippen molar-refractivity contribution >= 4 is 20.1 Å². The Morgan fingerprint density at radius 2 is 2.10 bits per heavy atom. The summed E-state index contributed by atoms with van der Waals surface area (Å²) in [6, 6.07) is 0. The van der Waals surface area contributed by atoms with Crippen molar-refractivity contribution in [2.75, 3.05) is 13.2 Å². The van der Waals surface area contributed by atoms with Crippen LogP contribution in [0.3, 0.4) is 0 Å². The van der Waals surface area contributed by atoms with Crippen LogP contribution in [0.2, 0.25) is 0 Å². The minimum absolute atomic E-state index is 0.281. The van der Waals surface area contributed by atoms with Gasteiger partial charge in [-0.15, -0.1) is 0 Å². The van der Waals surface area contributed by atoms with Crippen molar-refractivity contribution in [2.45, 2.75) is 24.5 Å². The predicted molar refractivity (Wildman–Crippen MR) is 60.9 cm³/mol. The third-order valence-electron chi connectivity index (χ3n) is 2.38. The van der Waals surface area contributed by atoms with Crippen LogP contribution >= 0.6 is 7.82 Å². The standard InChI is InChI=1S/C8H15N2O9P/c11-3-9-1-5(13)10-8-7(19-20(15,16)17)6(14)4(12)2-18-8/h3-4,6-8,12,14H,1-2H2,(H,9,11)(H,10,13)(H2,15,16,17)/t4-,6-,7-,8?/m1/s1. The maximum Gasteiger partial charge on any atom is 0.470 e. The zero-order valence-electron chi connectivity index (χ0n) is 10.1. The first kappa shape index (κ1) is 17.0. The first-order valence-electron chi connectivity index (χ1n) is 5.42. The van der Waals surface area contributed by atoms with E-state index in [-0.39, 0.29) is 13.0 Å². The van der Waals surface area contributed by atoms with Gasteiger partial charge in [-0.25, -0.2) is 4.57 Å². The summed E-state index contributed by atoms with van der Waals surface area (Å²) in [5, 5.41) is 23.2. The molecule has 0 spiro atoms. The molecular weight excluding hydrogens is 299 g/mol. The molecular formula is C8H15N2O9P. The molecule has 1 fully saturated rings. The van der Waals surface area contributed by atoms with Crippen molar-refractivity contribution in [1.29, 1.82) is 0 Å². The van der Waals surface area contributed by atoms with E-state index in [4.69, 9.17) is 14.5 Å². The Bertz CT molecular complexity index is 399. The lowest BCUT2D eigenvalue weighted by Gasteiger charge is -2.37. The molecule has 20 heavy (non-hydrogen) atoms. The van der Waals surface area contributed by atoms with Crippen LogP contribution in [0, 0.1) is 0 Å².